The zero-order valence-corrected chi connectivity index (χ0v) is 12.3. The Labute approximate surface area is 125 Å². The lowest BCUT2D eigenvalue weighted by molar-refractivity contribution is -0.182. The van der Waals surface area contributed by atoms with Crippen molar-refractivity contribution < 1.29 is 18.0 Å². The fourth-order valence-electron chi connectivity index (χ4n) is 2.59. The molecule has 7 heteroatoms. The van der Waals surface area contributed by atoms with Crippen LogP contribution in [0.15, 0.2) is 12.1 Å². The Morgan fingerprint density at radius 1 is 1.29 bits per heavy atom. The van der Waals surface area contributed by atoms with Gasteiger partial charge in [0.1, 0.15) is 5.15 Å². The summed E-state index contributed by atoms with van der Waals surface area (Å²) in [5.41, 5.74) is 0.999. The normalized spacial score (nSPS) is 22.9. The van der Waals surface area contributed by atoms with E-state index in [0.29, 0.717) is 24.1 Å². The summed E-state index contributed by atoms with van der Waals surface area (Å²) in [6.07, 6.45) is -3.33. The van der Waals surface area contributed by atoms with Crippen molar-refractivity contribution in [1.29, 1.82) is 0 Å². The third-order valence-corrected chi connectivity index (χ3v) is 3.90. The van der Waals surface area contributed by atoms with E-state index in [4.69, 9.17) is 11.6 Å². The van der Waals surface area contributed by atoms with Gasteiger partial charge in [-0.05, 0) is 44.7 Å². The zero-order chi connectivity index (χ0) is 15.6. The molecule has 116 valence electrons. The number of pyridine rings is 1. The number of amides is 1. The Morgan fingerprint density at radius 3 is 2.43 bits per heavy atom. The van der Waals surface area contributed by atoms with E-state index >= 15 is 0 Å². The summed E-state index contributed by atoms with van der Waals surface area (Å²) >= 11 is 5.79. The Morgan fingerprint density at radius 2 is 1.90 bits per heavy atom. The Hall–Kier alpha value is -1.30. The number of carbonyl (C=O) groups excluding carboxylic acids is 1. The molecule has 1 N–H and O–H groups in total. The van der Waals surface area contributed by atoms with Gasteiger partial charge in [0.2, 0.25) is 0 Å². The fraction of sp³-hybridized carbons (Fsp3) is 0.571. The number of nitrogens with one attached hydrogen (secondary N) is 1. The maximum Gasteiger partial charge on any atom is 0.391 e. The molecule has 1 aromatic rings. The highest BCUT2D eigenvalue weighted by Crippen LogP contribution is 2.37. The van der Waals surface area contributed by atoms with E-state index in [1.807, 2.05) is 0 Å². The molecule has 1 aliphatic rings. The van der Waals surface area contributed by atoms with Gasteiger partial charge < -0.3 is 5.32 Å². The largest absolute Gasteiger partial charge is 0.391 e. The summed E-state index contributed by atoms with van der Waals surface area (Å²) in [4.78, 5) is 16.0. The van der Waals surface area contributed by atoms with E-state index < -0.39 is 12.1 Å². The molecule has 0 unspecified atom stereocenters. The second-order valence-electron chi connectivity index (χ2n) is 5.38. The maximum atomic E-state index is 12.6. The van der Waals surface area contributed by atoms with Crippen molar-refractivity contribution in [3.05, 3.63) is 28.5 Å². The van der Waals surface area contributed by atoms with Crippen molar-refractivity contribution in [2.45, 2.75) is 44.8 Å². The van der Waals surface area contributed by atoms with E-state index in [9.17, 15) is 18.0 Å². The molecule has 0 aliphatic heterocycles. The lowest BCUT2D eigenvalue weighted by Crippen LogP contribution is -2.40. The van der Waals surface area contributed by atoms with Gasteiger partial charge in [-0.1, -0.05) is 11.6 Å². The minimum atomic E-state index is -4.13. The first-order valence-corrected chi connectivity index (χ1v) is 7.15. The molecule has 1 amide bonds. The number of aryl methyl sites for hydroxylation is 1. The predicted octanol–water partition coefficient (Wildman–Crippen LogP) is 3.89. The van der Waals surface area contributed by atoms with Gasteiger partial charge in [-0.25, -0.2) is 4.98 Å². The Balaban J connectivity index is 1.93. The lowest BCUT2D eigenvalue weighted by atomic mass is 9.85. The molecular weight excluding hydrogens is 305 g/mol. The third kappa shape index (κ3) is 4.33. The highest BCUT2D eigenvalue weighted by atomic mass is 35.5. The fourth-order valence-corrected chi connectivity index (χ4v) is 2.84. The number of hydrogen-bond donors (Lipinski definition) is 1. The standard InChI is InChI=1S/C14H16ClF3N2O/c1-8-6-9(7-12(15)19-8)13(21)20-11-4-2-10(3-5-11)14(16,17)18/h6-7,10-11H,2-5H2,1H3,(H,20,21). The highest BCUT2D eigenvalue weighted by Gasteiger charge is 2.41. The zero-order valence-electron chi connectivity index (χ0n) is 11.5. The number of hydrogen-bond acceptors (Lipinski definition) is 2. The molecule has 1 saturated carbocycles. The van der Waals surface area contributed by atoms with E-state index in [0.717, 1.165) is 0 Å². The van der Waals surface area contributed by atoms with E-state index in [2.05, 4.69) is 10.3 Å². The minimum Gasteiger partial charge on any atom is -0.349 e. The molecule has 0 saturated heterocycles. The average Bonchev–Trinajstić information content (AvgIpc) is 2.37. The topological polar surface area (TPSA) is 42.0 Å². The van der Waals surface area contributed by atoms with Gasteiger partial charge in [0.25, 0.3) is 5.91 Å². The van der Waals surface area contributed by atoms with Gasteiger partial charge in [-0.3, -0.25) is 4.79 Å². The maximum absolute atomic E-state index is 12.6. The van der Waals surface area contributed by atoms with Gasteiger partial charge >= 0.3 is 6.18 Å². The summed E-state index contributed by atoms with van der Waals surface area (Å²) in [7, 11) is 0. The van der Waals surface area contributed by atoms with Crippen LogP contribution in [0.4, 0.5) is 13.2 Å². The average molecular weight is 321 g/mol. The quantitative estimate of drug-likeness (QED) is 0.840. The first-order valence-electron chi connectivity index (χ1n) is 6.77. The van der Waals surface area contributed by atoms with Crippen LogP contribution in [0, 0.1) is 12.8 Å². The highest BCUT2D eigenvalue weighted by molar-refractivity contribution is 6.29. The third-order valence-electron chi connectivity index (χ3n) is 3.71. The van der Waals surface area contributed by atoms with Crippen LogP contribution < -0.4 is 5.32 Å². The first kappa shape index (κ1) is 16.1. The van der Waals surface area contributed by atoms with Crippen LogP contribution in [0.3, 0.4) is 0 Å². The van der Waals surface area contributed by atoms with Gasteiger partial charge in [0.15, 0.2) is 0 Å². The molecule has 1 heterocycles. The van der Waals surface area contributed by atoms with Crippen LogP contribution in [0.5, 0.6) is 0 Å². The second-order valence-corrected chi connectivity index (χ2v) is 5.77. The van der Waals surface area contributed by atoms with Gasteiger partial charge in [-0.2, -0.15) is 13.2 Å². The number of alkyl halides is 3. The monoisotopic (exact) mass is 320 g/mol. The molecule has 0 radical (unpaired) electrons. The molecule has 1 aromatic heterocycles. The molecule has 0 aromatic carbocycles. The Bertz CT molecular complexity index is 505. The summed E-state index contributed by atoms with van der Waals surface area (Å²) in [5, 5.41) is 2.99. The smallest absolute Gasteiger partial charge is 0.349 e. The van der Waals surface area contributed by atoms with Crippen molar-refractivity contribution in [2.24, 2.45) is 5.92 Å². The lowest BCUT2D eigenvalue weighted by Gasteiger charge is -2.30. The molecule has 1 fully saturated rings. The van der Waals surface area contributed by atoms with E-state index in [1.54, 1.807) is 13.0 Å². The van der Waals surface area contributed by atoms with Gasteiger partial charge in [-0.15, -0.1) is 0 Å². The Kier molecular flexibility index (Phi) is 4.76. The number of aromatic nitrogens is 1. The number of nitrogens with zero attached hydrogens (tertiary/aromatic N) is 1. The van der Waals surface area contributed by atoms with Crippen LogP contribution in [0.1, 0.15) is 41.7 Å². The molecule has 21 heavy (non-hydrogen) atoms. The number of halogens is 4. The molecular formula is C14H16ClF3N2O. The van der Waals surface area contributed by atoms with Crippen molar-refractivity contribution in [3.63, 3.8) is 0 Å². The predicted molar refractivity (Wildman–Crippen MR) is 73.3 cm³/mol. The van der Waals surface area contributed by atoms with Crippen LogP contribution in [-0.2, 0) is 0 Å². The van der Waals surface area contributed by atoms with E-state index in [1.165, 1.54) is 6.07 Å². The van der Waals surface area contributed by atoms with Crippen molar-refractivity contribution in [3.8, 4) is 0 Å². The first-order chi connectivity index (χ1) is 9.75. The van der Waals surface area contributed by atoms with Crippen LogP contribution in [0.2, 0.25) is 5.15 Å². The number of rotatable bonds is 2. The van der Waals surface area contributed by atoms with Gasteiger partial charge in [0.05, 0.1) is 5.92 Å². The summed E-state index contributed by atoms with van der Waals surface area (Å²) in [5.74, 6) is -1.57. The molecule has 3 nitrogen and oxygen atoms in total. The molecule has 1 aliphatic carbocycles. The summed E-state index contributed by atoms with van der Waals surface area (Å²) in [6.45, 7) is 1.72. The summed E-state index contributed by atoms with van der Waals surface area (Å²) < 4.78 is 37.7. The second kappa shape index (κ2) is 6.22. The van der Waals surface area contributed by atoms with Crippen LogP contribution >= 0.6 is 11.6 Å². The molecule has 0 atom stereocenters. The summed E-state index contributed by atoms with van der Waals surface area (Å²) in [6, 6.07) is 2.83. The van der Waals surface area contributed by atoms with Crippen molar-refractivity contribution in [1.82, 2.24) is 10.3 Å². The van der Waals surface area contributed by atoms with Crippen molar-refractivity contribution in [2.75, 3.05) is 0 Å². The van der Waals surface area contributed by atoms with Crippen LogP contribution in [-0.4, -0.2) is 23.1 Å². The molecule has 0 bridgehead atoms. The molecule has 0 spiro atoms. The SMILES string of the molecule is Cc1cc(C(=O)NC2CCC(C(F)(F)F)CC2)cc(Cl)n1. The van der Waals surface area contributed by atoms with Crippen LogP contribution in [0.25, 0.3) is 0 Å². The minimum absolute atomic E-state index is 0.0601. The van der Waals surface area contributed by atoms with Gasteiger partial charge in [0, 0.05) is 17.3 Å². The number of carbonyl (C=O) groups is 1. The molecule has 2 rings (SSSR count). The van der Waals surface area contributed by atoms with E-state index in [-0.39, 0.29) is 29.9 Å². The van der Waals surface area contributed by atoms with Crippen molar-refractivity contribution >= 4 is 17.5 Å².